The number of carboxylic acids is 1. The first-order valence-electron chi connectivity index (χ1n) is 5.92. The van der Waals surface area contributed by atoms with Crippen molar-refractivity contribution in [3.05, 3.63) is 42.0 Å². The minimum atomic E-state index is -0.910. The molecule has 90 valence electrons. The first-order valence-corrected chi connectivity index (χ1v) is 5.92. The topological polar surface area (TPSA) is 40.5 Å². The third-order valence-electron chi connectivity index (χ3n) is 3.14. The van der Waals surface area contributed by atoms with Gasteiger partial charge in [0.25, 0.3) is 0 Å². The summed E-state index contributed by atoms with van der Waals surface area (Å²) in [5, 5.41) is 8.90. The molecule has 2 rings (SSSR count). The molecule has 1 heterocycles. The van der Waals surface area contributed by atoms with Crippen LogP contribution in [-0.2, 0) is 11.2 Å². The average Bonchev–Trinajstić information content (AvgIpc) is 2.52. The summed E-state index contributed by atoms with van der Waals surface area (Å²) in [5.41, 5.74) is 2.72. The number of aryl methyl sites for hydroxylation is 1. The van der Waals surface area contributed by atoms with Crippen LogP contribution in [0, 0.1) is 0 Å². The third kappa shape index (κ3) is 2.67. The van der Waals surface area contributed by atoms with Gasteiger partial charge in [0.05, 0.1) is 0 Å². The van der Waals surface area contributed by atoms with Crippen molar-refractivity contribution in [3.8, 4) is 0 Å². The third-order valence-corrected chi connectivity index (χ3v) is 3.14. The van der Waals surface area contributed by atoms with Gasteiger partial charge in [-0.3, -0.25) is 0 Å². The van der Waals surface area contributed by atoms with Crippen molar-refractivity contribution in [2.75, 3.05) is 18.0 Å². The summed E-state index contributed by atoms with van der Waals surface area (Å²) in [5.74, 6) is -0.910. The molecule has 0 spiro atoms. The second kappa shape index (κ2) is 5.04. The Morgan fingerprint density at radius 3 is 2.88 bits per heavy atom. The Morgan fingerprint density at radius 1 is 1.35 bits per heavy atom. The average molecular weight is 231 g/mol. The van der Waals surface area contributed by atoms with Crippen molar-refractivity contribution in [2.24, 2.45) is 0 Å². The first kappa shape index (κ1) is 11.7. The second-order valence-corrected chi connectivity index (χ2v) is 4.42. The number of benzene rings is 1. The van der Waals surface area contributed by atoms with Crippen LogP contribution in [0.4, 0.5) is 5.69 Å². The molecule has 0 saturated carbocycles. The van der Waals surface area contributed by atoms with Gasteiger partial charge in [-0.25, -0.2) is 4.79 Å². The van der Waals surface area contributed by atoms with E-state index in [0.717, 1.165) is 31.5 Å². The van der Waals surface area contributed by atoms with Crippen LogP contribution in [0.5, 0.6) is 0 Å². The molecule has 1 aromatic rings. The van der Waals surface area contributed by atoms with E-state index in [-0.39, 0.29) is 5.57 Å². The number of rotatable bonds is 3. The van der Waals surface area contributed by atoms with Crippen molar-refractivity contribution in [2.45, 2.75) is 19.3 Å². The second-order valence-electron chi connectivity index (χ2n) is 4.42. The number of hydrogen-bond acceptors (Lipinski definition) is 2. The predicted molar refractivity (Wildman–Crippen MR) is 68.4 cm³/mol. The summed E-state index contributed by atoms with van der Waals surface area (Å²) in [6, 6.07) is 8.22. The Hall–Kier alpha value is -1.77. The lowest BCUT2D eigenvalue weighted by atomic mass is 10.1. The van der Waals surface area contributed by atoms with Gasteiger partial charge in [-0.1, -0.05) is 24.8 Å². The Labute approximate surface area is 101 Å². The zero-order chi connectivity index (χ0) is 12.3. The summed E-state index contributed by atoms with van der Waals surface area (Å²) < 4.78 is 0. The van der Waals surface area contributed by atoms with Gasteiger partial charge in [0.2, 0.25) is 0 Å². The van der Waals surface area contributed by atoms with E-state index in [2.05, 4.69) is 23.6 Å². The maximum absolute atomic E-state index is 10.8. The zero-order valence-corrected chi connectivity index (χ0v) is 9.85. The maximum Gasteiger partial charge on any atom is 0.332 e. The number of nitrogens with zero attached hydrogens (tertiary/aromatic N) is 1. The van der Waals surface area contributed by atoms with Crippen LogP contribution >= 0.6 is 0 Å². The molecule has 0 aromatic heterocycles. The molecule has 1 aliphatic rings. The predicted octanol–water partition coefficient (Wildman–Crippen LogP) is 2.47. The molecule has 3 nitrogen and oxygen atoms in total. The van der Waals surface area contributed by atoms with Crippen LogP contribution in [-0.4, -0.2) is 24.2 Å². The van der Waals surface area contributed by atoms with E-state index in [1.54, 1.807) is 0 Å². The smallest absolute Gasteiger partial charge is 0.332 e. The van der Waals surface area contributed by atoms with Crippen molar-refractivity contribution in [3.63, 3.8) is 0 Å². The summed E-state index contributed by atoms with van der Waals surface area (Å²) in [4.78, 5) is 13.0. The van der Waals surface area contributed by atoms with Crippen LogP contribution < -0.4 is 4.90 Å². The molecule has 17 heavy (non-hydrogen) atoms. The monoisotopic (exact) mass is 231 g/mol. The van der Waals surface area contributed by atoms with Crippen molar-refractivity contribution in [1.29, 1.82) is 0 Å². The van der Waals surface area contributed by atoms with Gasteiger partial charge < -0.3 is 10.0 Å². The van der Waals surface area contributed by atoms with E-state index >= 15 is 0 Å². The lowest BCUT2D eigenvalue weighted by molar-refractivity contribution is -0.132. The highest BCUT2D eigenvalue weighted by Crippen LogP contribution is 2.26. The normalized spacial score (nSPS) is 14.9. The Kier molecular flexibility index (Phi) is 3.47. The molecule has 1 aliphatic heterocycles. The number of fused-ring (bicyclic) bond motifs is 1. The van der Waals surface area contributed by atoms with E-state index in [9.17, 15) is 4.79 Å². The summed E-state index contributed by atoms with van der Waals surface area (Å²) in [6.45, 7) is 4.93. The lowest BCUT2D eigenvalue weighted by Gasteiger charge is -2.24. The zero-order valence-electron chi connectivity index (χ0n) is 9.85. The molecule has 1 aromatic carbocycles. The molecule has 3 heteroatoms. The number of aliphatic carboxylic acids is 1. The van der Waals surface area contributed by atoms with Gasteiger partial charge in [0, 0.05) is 24.4 Å². The van der Waals surface area contributed by atoms with Gasteiger partial charge in [-0.15, -0.1) is 0 Å². The highest BCUT2D eigenvalue weighted by Gasteiger charge is 2.17. The lowest BCUT2D eigenvalue weighted by Crippen LogP contribution is -2.28. The molecular formula is C14H17NO2. The fourth-order valence-electron chi connectivity index (χ4n) is 2.23. The van der Waals surface area contributed by atoms with Crippen molar-refractivity contribution >= 4 is 11.7 Å². The summed E-state index contributed by atoms with van der Waals surface area (Å²) >= 11 is 0. The molecular weight excluding hydrogens is 214 g/mol. The van der Waals surface area contributed by atoms with Crippen LogP contribution in [0.1, 0.15) is 18.4 Å². The molecule has 0 unspecified atom stereocenters. The van der Waals surface area contributed by atoms with E-state index in [1.165, 1.54) is 5.56 Å². The number of hydrogen-bond donors (Lipinski definition) is 1. The molecule has 0 saturated heterocycles. The molecule has 0 bridgehead atoms. The summed E-state index contributed by atoms with van der Waals surface area (Å²) in [7, 11) is 0. The molecule has 0 amide bonds. The van der Waals surface area contributed by atoms with E-state index in [4.69, 9.17) is 5.11 Å². The number of anilines is 1. The standard InChI is InChI=1S/C14H17NO2/c1-11(14(16)17)10-15-9-5-4-7-12-6-2-3-8-13(12)15/h2-3,6,8H,1,4-5,7,9-10H2,(H,16,17). The SMILES string of the molecule is C=C(CN1CCCCc2ccccc21)C(=O)O. The van der Waals surface area contributed by atoms with E-state index in [0.29, 0.717) is 6.54 Å². The van der Waals surface area contributed by atoms with Crippen molar-refractivity contribution < 1.29 is 9.90 Å². The number of carboxylic acid groups (broad SMARTS) is 1. The fourth-order valence-corrected chi connectivity index (χ4v) is 2.23. The number of carbonyl (C=O) groups is 1. The van der Waals surface area contributed by atoms with E-state index in [1.807, 2.05) is 12.1 Å². The Balaban J connectivity index is 2.23. The van der Waals surface area contributed by atoms with Crippen LogP contribution in [0.15, 0.2) is 36.4 Å². The molecule has 0 radical (unpaired) electrons. The van der Waals surface area contributed by atoms with Gasteiger partial charge in [0.1, 0.15) is 0 Å². The molecule has 0 aliphatic carbocycles. The van der Waals surface area contributed by atoms with Gasteiger partial charge in [0.15, 0.2) is 0 Å². The minimum absolute atomic E-state index is 0.252. The minimum Gasteiger partial charge on any atom is -0.478 e. The molecule has 1 N–H and O–H groups in total. The van der Waals surface area contributed by atoms with E-state index < -0.39 is 5.97 Å². The summed E-state index contributed by atoms with van der Waals surface area (Å²) in [6.07, 6.45) is 3.33. The number of para-hydroxylation sites is 1. The highest BCUT2D eigenvalue weighted by molar-refractivity contribution is 5.87. The highest BCUT2D eigenvalue weighted by atomic mass is 16.4. The Bertz CT molecular complexity index is 440. The largest absolute Gasteiger partial charge is 0.478 e. The quantitative estimate of drug-likeness (QED) is 0.812. The first-order chi connectivity index (χ1) is 8.18. The van der Waals surface area contributed by atoms with Gasteiger partial charge in [-0.2, -0.15) is 0 Å². The Morgan fingerprint density at radius 2 is 2.12 bits per heavy atom. The molecule has 0 atom stereocenters. The van der Waals surface area contributed by atoms with Gasteiger partial charge >= 0.3 is 5.97 Å². The van der Waals surface area contributed by atoms with Crippen molar-refractivity contribution in [1.82, 2.24) is 0 Å². The van der Waals surface area contributed by atoms with Crippen LogP contribution in [0.25, 0.3) is 0 Å². The fraction of sp³-hybridized carbons (Fsp3) is 0.357. The van der Waals surface area contributed by atoms with Gasteiger partial charge in [-0.05, 0) is 30.9 Å². The molecule has 0 fully saturated rings. The maximum atomic E-state index is 10.8. The van der Waals surface area contributed by atoms with Crippen LogP contribution in [0.3, 0.4) is 0 Å². The van der Waals surface area contributed by atoms with Crippen LogP contribution in [0.2, 0.25) is 0 Å².